The molecule has 0 atom stereocenters. The number of H-pyrrole nitrogens is 1. The maximum Gasteiger partial charge on any atom is 0.210 e. The molecule has 0 saturated carbocycles. The topological polar surface area (TPSA) is 88.6 Å². The summed E-state index contributed by atoms with van der Waals surface area (Å²) in [5.74, 6) is 0. The summed E-state index contributed by atoms with van der Waals surface area (Å²) in [6.45, 7) is 0. The Balaban J connectivity index is 1.94. The molecule has 0 saturated heterocycles. The number of pyridine rings is 1. The second-order valence-corrected chi connectivity index (χ2v) is 7.08. The SMILES string of the molecule is O=S(=O)(c1ccccc1)c1c[nH]c2c(-c3cccnc3)ncnc12. The van der Waals surface area contributed by atoms with E-state index in [1.165, 1.54) is 12.5 Å². The minimum absolute atomic E-state index is 0.135. The van der Waals surface area contributed by atoms with Gasteiger partial charge < -0.3 is 4.98 Å². The van der Waals surface area contributed by atoms with Crippen molar-refractivity contribution >= 4 is 20.9 Å². The van der Waals surface area contributed by atoms with Crippen molar-refractivity contribution in [2.24, 2.45) is 0 Å². The molecule has 0 spiro atoms. The highest BCUT2D eigenvalue weighted by atomic mass is 32.2. The molecule has 3 heterocycles. The minimum Gasteiger partial charge on any atom is -0.357 e. The van der Waals surface area contributed by atoms with E-state index in [-0.39, 0.29) is 9.79 Å². The lowest BCUT2D eigenvalue weighted by Gasteiger charge is -2.04. The van der Waals surface area contributed by atoms with Gasteiger partial charge in [0.1, 0.15) is 16.7 Å². The zero-order chi connectivity index (χ0) is 16.6. The lowest BCUT2D eigenvalue weighted by molar-refractivity contribution is 0.597. The Kier molecular flexibility index (Phi) is 3.35. The van der Waals surface area contributed by atoms with Gasteiger partial charge in [-0.25, -0.2) is 18.4 Å². The van der Waals surface area contributed by atoms with Gasteiger partial charge in [0.05, 0.1) is 16.1 Å². The first-order valence-electron chi connectivity index (χ1n) is 7.20. The second kappa shape index (κ2) is 5.54. The Bertz CT molecular complexity index is 1110. The first kappa shape index (κ1) is 14.5. The molecule has 7 heteroatoms. The number of aromatic nitrogens is 4. The van der Waals surface area contributed by atoms with Gasteiger partial charge in [0.15, 0.2) is 0 Å². The number of nitrogens with zero attached hydrogens (tertiary/aromatic N) is 3. The molecule has 6 nitrogen and oxygen atoms in total. The van der Waals surface area contributed by atoms with Crippen molar-refractivity contribution in [3.8, 4) is 11.3 Å². The van der Waals surface area contributed by atoms with E-state index >= 15 is 0 Å². The van der Waals surface area contributed by atoms with Crippen LogP contribution >= 0.6 is 0 Å². The second-order valence-electron chi connectivity index (χ2n) is 5.16. The third-order valence-corrected chi connectivity index (χ3v) is 5.49. The van der Waals surface area contributed by atoms with Crippen molar-refractivity contribution in [2.75, 3.05) is 0 Å². The number of hydrogen-bond donors (Lipinski definition) is 1. The summed E-state index contributed by atoms with van der Waals surface area (Å²) in [6, 6.07) is 12.0. The van der Waals surface area contributed by atoms with E-state index in [9.17, 15) is 8.42 Å². The van der Waals surface area contributed by atoms with E-state index in [0.717, 1.165) is 5.56 Å². The molecule has 0 aliphatic heterocycles. The first-order chi connectivity index (χ1) is 11.7. The van der Waals surface area contributed by atoms with Gasteiger partial charge in [-0.05, 0) is 24.3 Å². The molecule has 4 rings (SSSR count). The van der Waals surface area contributed by atoms with Gasteiger partial charge in [-0.15, -0.1) is 0 Å². The molecule has 24 heavy (non-hydrogen) atoms. The summed E-state index contributed by atoms with van der Waals surface area (Å²) < 4.78 is 25.7. The van der Waals surface area contributed by atoms with E-state index < -0.39 is 9.84 Å². The van der Waals surface area contributed by atoms with Crippen LogP contribution in [0.1, 0.15) is 0 Å². The molecule has 0 aliphatic rings. The zero-order valence-corrected chi connectivity index (χ0v) is 13.2. The van der Waals surface area contributed by atoms with E-state index in [4.69, 9.17) is 0 Å². The first-order valence-corrected chi connectivity index (χ1v) is 8.69. The van der Waals surface area contributed by atoms with Crippen LogP contribution in [-0.2, 0) is 9.84 Å². The van der Waals surface area contributed by atoms with E-state index in [2.05, 4.69) is 19.9 Å². The molecule has 1 N–H and O–H groups in total. The fourth-order valence-corrected chi connectivity index (χ4v) is 3.96. The van der Waals surface area contributed by atoms with Gasteiger partial charge in [-0.3, -0.25) is 4.98 Å². The fourth-order valence-electron chi connectivity index (χ4n) is 2.57. The van der Waals surface area contributed by atoms with Crippen LogP contribution in [0.5, 0.6) is 0 Å². The Labute approximate surface area is 138 Å². The Morgan fingerprint density at radius 1 is 0.958 bits per heavy atom. The average molecular weight is 336 g/mol. The van der Waals surface area contributed by atoms with Crippen molar-refractivity contribution < 1.29 is 8.42 Å². The van der Waals surface area contributed by atoms with Crippen LogP contribution in [0, 0.1) is 0 Å². The third-order valence-electron chi connectivity index (χ3n) is 3.71. The van der Waals surface area contributed by atoms with Gasteiger partial charge in [-0.2, -0.15) is 0 Å². The van der Waals surface area contributed by atoms with E-state index in [1.807, 2.05) is 6.07 Å². The number of benzene rings is 1. The maximum atomic E-state index is 12.9. The predicted molar refractivity (Wildman–Crippen MR) is 89.0 cm³/mol. The standard InChI is InChI=1S/C17H12N4O2S/c22-24(23,13-6-2-1-3-7-13)14-10-19-17-15(20-11-21-16(14)17)12-5-4-8-18-9-12/h1-11,19H. The summed E-state index contributed by atoms with van der Waals surface area (Å²) in [5.41, 5.74) is 2.34. The van der Waals surface area contributed by atoms with Gasteiger partial charge in [-0.1, -0.05) is 18.2 Å². The number of sulfone groups is 1. The van der Waals surface area contributed by atoms with Crippen LogP contribution in [0.3, 0.4) is 0 Å². The highest BCUT2D eigenvalue weighted by molar-refractivity contribution is 7.91. The van der Waals surface area contributed by atoms with Crippen molar-refractivity contribution in [1.82, 2.24) is 19.9 Å². The lowest BCUT2D eigenvalue weighted by Crippen LogP contribution is -2.01. The van der Waals surface area contributed by atoms with Crippen LogP contribution in [0.2, 0.25) is 0 Å². The van der Waals surface area contributed by atoms with Gasteiger partial charge in [0.25, 0.3) is 0 Å². The monoisotopic (exact) mass is 336 g/mol. The van der Waals surface area contributed by atoms with Crippen molar-refractivity contribution in [3.05, 3.63) is 67.4 Å². The van der Waals surface area contributed by atoms with E-state index in [0.29, 0.717) is 16.7 Å². The van der Waals surface area contributed by atoms with Gasteiger partial charge in [0.2, 0.25) is 9.84 Å². The number of nitrogens with one attached hydrogen (secondary N) is 1. The van der Waals surface area contributed by atoms with Crippen molar-refractivity contribution in [1.29, 1.82) is 0 Å². The predicted octanol–water partition coefficient (Wildman–Crippen LogP) is 2.85. The number of hydrogen-bond acceptors (Lipinski definition) is 5. The highest BCUT2D eigenvalue weighted by Gasteiger charge is 2.23. The largest absolute Gasteiger partial charge is 0.357 e. The summed E-state index contributed by atoms with van der Waals surface area (Å²) >= 11 is 0. The molecule has 1 aromatic carbocycles. The van der Waals surface area contributed by atoms with Crippen LogP contribution in [0.25, 0.3) is 22.3 Å². The lowest BCUT2D eigenvalue weighted by atomic mass is 10.2. The van der Waals surface area contributed by atoms with Crippen molar-refractivity contribution in [2.45, 2.75) is 9.79 Å². The van der Waals surface area contributed by atoms with Crippen molar-refractivity contribution in [3.63, 3.8) is 0 Å². The molecule has 0 aliphatic carbocycles. The Morgan fingerprint density at radius 3 is 2.54 bits per heavy atom. The van der Waals surface area contributed by atoms with Crippen LogP contribution < -0.4 is 0 Å². The summed E-state index contributed by atoms with van der Waals surface area (Å²) in [4.78, 5) is 15.9. The summed E-state index contributed by atoms with van der Waals surface area (Å²) in [7, 11) is -3.66. The van der Waals surface area contributed by atoms with E-state index in [1.54, 1.807) is 48.8 Å². The van der Waals surface area contributed by atoms with Gasteiger partial charge >= 0.3 is 0 Å². The van der Waals surface area contributed by atoms with Crippen LogP contribution in [0.4, 0.5) is 0 Å². The van der Waals surface area contributed by atoms with Crippen LogP contribution in [0.15, 0.2) is 77.2 Å². The van der Waals surface area contributed by atoms with Gasteiger partial charge in [0, 0.05) is 24.2 Å². The molecule has 4 aromatic rings. The molecule has 0 radical (unpaired) electrons. The molecule has 3 aromatic heterocycles. The number of rotatable bonds is 3. The Morgan fingerprint density at radius 2 is 1.79 bits per heavy atom. The molecule has 0 amide bonds. The number of fused-ring (bicyclic) bond motifs is 1. The molecule has 0 unspecified atom stereocenters. The smallest absolute Gasteiger partial charge is 0.210 e. The third kappa shape index (κ3) is 2.26. The highest BCUT2D eigenvalue weighted by Crippen LogP contribution is 2.30. The Hall–Kier alpha value is -3.06. The summed E-state index contributed by atoms with van der Waals surface area (Å²) in [6.07, 6.45) is 6.17. The zero-order valence-electron chi connectivity index (χ0n) is 12.4. The fraction of sp³-hybridized carbons (Fsp3) is 0. The molecular weight excluding hydrogens is 324 g/mol. The molecular formula is C17H12N4O2S. The summed E-state index contributed by atoms with van der Waals surface area (Å²) in [5, 5.41) is 0. The quantitative estimate of drug-likeness (QED) is 0.621. The minimum atomic E-state index is -3.66. The molecule has 0 bridgehead atoms. The molecule has 0 fully saturated rings. The van der Waals surface area contributed by atoms with Crippen LogP contribution in [-0.4, -0.2) is 28.4 Å². The number of aromatic amines is 1. The average Bonchev–Trinajstić information content (AvgIpc) is 3.08. The maximum absolute atomic E-state index is 12.9. The molecule has 118 valence electrons. The normalized spacial score (nSPS) is 11.7.